The highest BCUT2D eigenvalue weighted by Gasteiger charge is 2.21. The van der Waals surface area contributed by atoms with Crippen molar-refractivity contribution < 1.29 is 9.47 Å². The normalized spacial score (nSPS) is 19.3. The first-order valence-electron chi connectivity index (χ1n) is 6.98. The second-order valence-electron chi connectivity index (χ2n) is 5.33. The van der Waals surface area contributed by atoms with Gasteiger partial charge in [0, 0.05) is 6.61 Å². The number of ether oxygens (including phenoxy) is 2. The van der Waals surface area contributed by atoms with E-state index >= 15 is 0 Å². The summed E-state index contributed by atoms with van der Waals surface area (Å²) in [5.74, 6) is 0.873. The fourth-order valence-electron chi connectivity index (χ4n) is 1.84. The third-order valence-electron chi connectivity index (χ3n) is 3.03. The van der Waals surface area contributed by atoms with Crippen LogP contribution in [0.25, 0.3) is 0 Å². The Balaban J connectivity index is 1.64. The minimum absolute atomic E-state index is 0.427. The second-order valence-corrected chi connectivity index (χ2v) is 5.33. The predicted molar refractivity (Wildman–Crippen MR) is 67.7 cm³/mol. The van der Waals surface area contributed by atoms with Crippen molar-refractivity contribution in [2.75, 3.05) is 19.8 Å². The predicted octanol–water partition coefficient (Wildman–Crippen LogP) is 3.79. The summed E-state index contributed by atoms with van der Waals surface area (Å²) in [6, 6.07) is 0. The molecular formula is C14H28O2. The van der Waals surface area contributed by atoms with Gasteiger partial charge >= 0.3 is 0 Å². The molecule has 2 nitrogen and oxygen atoms in total. The van der Waals surface area contributed by atoms with Gasteiger partial charge in [0.05, 0.1) is 13.2 Å². The first-order valence-corrected chi connectivity index (χ1v) is 6.98. The molecule has 0 N–H and O–H groups in total. The van der Waals surface area contributed by atoms with E-state index in [2.05, 4.69) is 13.8 Å². The summed E-state index contributed by atoms with van der Waals surface area (Å²) >= 11 is 0. The third-order valence-corrected chi connectivity index (χ3v) is 3.03. The van der Waals surface area contributed by atoms with E-state index in [1.807, 2.05) is 0 Å². The van der Waals surface area contributed by atoms with Crippen LogP contribution < -0.4 is 0 Å². The Morgan fingerprint density at radius 3 is 2.31 bits per heavy atom. The van der Waals surface area contributed by atoms with Crippen LogP contribution in [0.5, 0.6) is 0 Å². The minimum atomic E-state index is 0.427. The van der Waals surface area contributed by atoms with E-state index in [1.54, 1.807) is 0 Å². The molecule has 1 unspecified atom stereocenters. The standard InChI is InChI=1S/C14H28O2/c1-13(2)9-7-5-3-4-6-8-10-15-11-14-12-16-14/h13-14H,3-12H2,1-2H3. The van der Waals surface area contributed by atoms with Crippen molar-refractivity contribution >= 4 is 0 Å². The molecular weight excluding hydrogens is 200 g/mol. The van der Waals surface area contributed by atoms with Gasteiger partial charge in [0.15, 0.2) is 0 Å². The Kier molecular flexibility index (Phi) is 7.87. The van der Waals surface area contributed by atoms with Gasteiger partial charge in [-0.1, -0.05) is 52.4 Å². The van der Waals surface area contributed by atoms with Gasteiger partial charge in [-0.2, -0.15) is 0 Å². The van der Waals surface area contributed by atoms with E-state index in [0.717, 1.165) is 25.7 Å². The molecule has 96 valence electrons. The molecule has 0 spiro atoms. The summed E-state index contributed by atoms with van der Waals surface area (Å²) in [6.07, 6.45) is 9.97. The lowest BCUT2D eigenvalue weighted by atomic mass is 10.0. The Hall–Kier alpha value is -0.0800. The highest BCUT2D eigenvalue weighted by molar-refractivity contribution is 4.66. The summed E-state index contributed by atoms with van der Waals surface area (Å²) in [5, 5.41) is 0. The Bertz CT molecular complexity index is 143. The maximum atomic E-state index is 5.49. The average molecular weight is 228 g/mol. The van der Waals surface area contributed by atoms with E-state index in [-0.39, 0.29) is 0 Å². The van der Waals surface area contributed by atoms with Crippen LogP contribution in [0.4, 0.5) is 0 Å². The largest absolute Gasteiger partial charge is 0.379 e. The molecule has 0 aliphatic carbocycles. The van der Waals surface area contributed by atoms with Crippen LogP contribution in [0.3, 0.4) is 0 Å². The molecule has 1 aliphatic heterocycles. The van der Waals surface area contributed by atoms with Gasteiger partial charge in [0.2, 0.25) is 0 Å². The van der Waals surface area contributed by atoms with Gasteiger partial charge in [0.25, 0.3) is 0 Å². The molecule has 1 aliphatic rings. The van der Waals surface area contributed by atoms with Crippen LogP contribution >= 0.6 is 0 Å². The van der Waals surface area contributed by atoms with Gasteiger partial charge in [-0.15, -0.1) is 0 Å². The van der Waals surface area contributed by atoms with Crippen LogP contribution in [0.15, 0.2) is 0 Å². The Morgan fingerprint density at radius 2 is 1.69 bits per heavy atom. The van der Waals surface area contributed by atoms with Gasteiger partial charge < -0.3 is 9.47 Å². The highest BCUT2D eigenvalue weighted by atomic mass is 16.6. The number of epoxide rings is 1. The Morgan fingerprint density at radius 1 is 1.06 bits per heavy atom. The molecule has 16 heavy (non-hydrogen) atoms. The van der Waals surface area contributed by atoms with Crippen LogP contribution in [0.1, 0.15) is 58.8 Å². The molecule has 0 aromatic heterocycles. The van der Waals surface area contributed by atoms with Crippen LogP contribution in [-0.2, 0) is 9.47 Å². The molecule has 1 rings (SSSR count). The molecule has 1 atom stereocenters. The minimum Gasteiger partial charge on any atom is -0.379 e. The molecule has 0 radical (unpaired) electrons. The van der Waals surface area contributed by atoms with Gasteiger partial charge in [-0.3, -0.25) is 0 Å². The maximum Gasteiger partial charge on any atom is 0.104 e. The third kappa shape index (κ3) is 9.17. The van der Waals surface area contributed by atoms with E-state index in [4.69, 9.17) is 9.47 Å². The van der Waals surface area contributed by atoms with Gasteiger partial charge in [0.1, 0.15) is 6.10 Å². The summed E-state index contributed by atoms with van der Waals surface area (Å²) in [6.45, 7) is 7.26. The van der Waals surface area contributed by atoms with Crippen molar-refractivity contribution in [3.8, 4) is 0 Å². The smallest absolute Gasteiger partial charge is 0.104 e. The number of unbranched alkanes of at least 4 members (excludes halogenated alkanes) is 5. The molecule has 0 bridgehead atoms. The van der Waals surface area contributed by atoms with Crippen molar-refractivity contribution in [3.05, 3.63) is 0 Å². The summed E-state index contributed by atoms with van der Waals surface area (Å²) in [5.41, 5.74) is 0. The summed E-state index contributed by atoms with van der Waals surface area (Å²) < 4.78 is 10.6. The number of rotatable bonds is 11. The Labute approximate surface area is 101 Å². The summed E-state index contributed by atoms with van der Waals surface area (Å²) in [4.78, 5) is 0. The molecule has 0 aromatic carbocycles. The van der Waals surface area contributed by atoms with Crippen molar-refractivity contribution in [1.29, 1.82) is 0 Å². The molecule has 1 saturated heterocycles. The fourth-order valence-corrected chi connectivity index (χ4v) is 1.84. The topological polar surface area (TPSA) is 21.8 Å². The molecule has 0 saturated carbocycles. The zero-order valence-electron chi connectivity index (χ0n) is 11.0. The maximum absolute atomic E-state index is 5.49. The lowest BCUT2D eigenvalue weighted by molar-refractivity contribution is 0.113. The van der Waals surface area contributed by atoms with Crippen molar-refractivity contribution in [1.82, 2.24) is 0 Å². The highest BCUT2D eigenvalue weighted by Crippen LogP contribution is 2.12. The van der Waals surface area contributed by atoms with Crippen LogP contribution in [0, 0.1) is 5.92 Å². The second kappa shape index (κ2) is 9.00. The molecule has 0 amide bonds. The number of hydrogen-bond acceptors (Lipinski definition) is 2. The number of hydrogen-bond donors (Lipinski definition) is 0. The van der Waals surface area contributed by atoms with Gasteiger partial charge in [-0.05, 0) is 12.3 Å². The lowest BCUT2D eigenvalue weighted by Gasteiger charge is -2.04. The van der Waals surface area contributed by atoms with E-state index in [1.165, 1.54) is 44.9 Å². The van der Waals surface area contributed by atoms with Crippen molar-refractivity contribution in [3.63, 3.8) is 0 Å². The fraction of sp³-hybridized carbons (Fsp3) is 1.00. The van der Waals surface area contributed by atoms with E-state index in [0.29, 0.717) is 6.10 Å². The lowest BCUT2D eigenvalue weighted by Crippen LogP contribution is -2.02. The first-order chi connectivity index (χ1) is 7.79. The molecule has 1 heterocycles. The summed E-state index contributed by atoms with van der Waals surface area (Å²) in [7, 11) is 0. The zero-order valence-corrected chi connectivity index (χ0v) is 11.0. The van der Waals surface area contributed by atoms with Crippen molar-refractivity contribution in [2.45, 2.75) is 64.9 Å². The SMILES string of the molecule is CC(C)CCCCCCCCOCC1CO1. The molecule has 1 fully saturated rings. The van der Waals surface area contributed by atoms with E-state index in [9.17, 15) is 0 Å². The molecule has 2 heteroatoms. The quantitative estimate of drug-likeness (QED) is 0.396. The first kappa shape index (κ1) is 14.0. The van der Waals surface area contributed by atoms with Crippen molar-refractivity contribution in [2.24, 2.45) is 5.92 Å². The van der Waals surface area contributed by atoms with E-state index < -0.39 is 0 Å². The van der Waals surface area contributed by atoms with Crippen LogP contribution in [-0.4, -0.2) is 25.9 Å². The van der Waals surface area contributed by atoms with Gasteiger partial charge in [-0.25, -0.2) is 0 Å². The molecule has 0 aromatic rings. The average Bonchev–Trinajstić information content (AvgIpc) is 3.04. The monoisotopic (exact) mass is 228 g/mol. The zero-order chi connectivity index (χ0) is 11.6. The van der Waals surface area contributed by atoms with Crippen LogP contribution in [0.2, 0.25) is 0 Å².